The third-order valence-electron chi connectivity index (χ3n) is 4.50. The molecule has 2 heterocycles. The summed E-state index contributed by atoms with van der Waals surface area (Å²) in [7, 11) is 0. The lowest BCUT2D eigenvalue weighted by Crippen LogP contribution is -2.44. The minimum absolute atomic E-state index is 0.0557. The number of hydrogen-bond acceptors (Lipinski definition) is 3. The van der Waals surface area contributed by atoms with E-state index in [0.717, 1.165) is 23.6 Å². The molecular formula is C16H23FN2S. The molecule has 4 heteroatoms. The standard InChI is InChI=1S/C16H23FN2S/c1-2-19-9-6-12(7-10-19)18-15-8-11-20-16-13(15)4-3-5-14(16)17/h3-5,12,15,18H,2,6-11H2,1H3. The Bertz CT molecular complexity index is 458. The zero-order valence-electron chi connectivity index (χ0n) is 12.1. The van der Waals surface area contributed by atoms with Gasteiger partial charge in [-0.1, -0.05) is 19.1 Å². The first-order valence-corrected chi connectivity index (χ1v) is 8.66. The molecule has 0 saturated carbocycles. The average molecular weight is 294 g/mol. The molecule has 0 spiro atoms. The van der Waals surface area contributed by atoms with Crippen molar-refractivity contribution in [3.8, 4) is 0 Å². The summed E-state index contributed by atoms with van der Waals surface area (Å²) in [5.41, 5.74) is 1.17. The van der Waals surface area contributed by atoms with E-state index in [1.807, 2.05) is 6.07 Å². The first-order valence-electron chi connectivity index (χ1n) is 7.67. The number of rotatable bonds is 3. The second-order valence-corrected chi connectivity index (χ2v) is 6.83. The van der Waals surface area contributed by atoms with Crippen molar-refractivity contribution in [2.45, 2.75) is 43.2 Å². The highest BCUT2D eigenvalue weighted by Crippen LogP contribution is 2.38. The number of fused-ring (bicyclic) bond motifs is 1. The number of likely N-dealkylation sites (tertiary alicyclic amines) is 1. The molecule has 0 amide bonds. The first-order chi connectivity index (χ1) is 9.78. The van der Waals surface area contributed by atoms with Gasteiger partial charge in [-0.25, -0.2) is 4.39 Å². The molecule has 110 valence electrons. The number of halogens is 1. The SMILES string of the molecule is CCN1CCC(NC2CCSc3c(F)cccc32)CC1. The summed E-state index contributed by atoms with van der Waals surface area (Å²) in [5, 5.41) is 3.78. The lowest BCUT2D eigenvalue weighted by Gasteiger charge is -2.35. The topological polar surface area (TPSA) is 15.3 Å². The van der Waals surface area contributed by atoms with Crippen molar-refractivity contribution in [1.82, 2.24) is 10.2 Å². The van der Waals surface area contributed by atoms with Crippen molar-refractivity contribution < 1.29 is 4.39 Å². The van der Waals surface area contributed by atoms with Crippen molar-refractivity contribution in [3.63, 3.8) is 0 Å². The van der Waals surface area contributed by atoms with Crippen molar-refractivity contribution in [1.29, 1.82) is 0 Å². The minimum atomic E-state index is -0.0557. The van der Waals surface area contributed by atoms with Gasteiger partial charge in [-0.05, 0) is 56.3 Å². The van der Waals surface area contributed by atoms with Crippen molar-refractivity contribution in [2.24, 2.45) is 0 Å². The normalized spacial score (nSPS) is 24.6. The van der Waals surface area contributed by atoms with E-state index >= 15 is 0 Å². The third-order valence-corrected chi connectivity index (χ3v) is 5.66. The van der Waals surface area contributed by atoms with E-state index in [-0.39, 0.29) is 5.82 Å². The molecule has 1 aromatic carbocycles. The molecule has 1 N–H and O–H groups in total. The van der Waals surface area contributed by atoms with Gasteiger partial charge in [0, 0.05) is 17.0 Å². The maximum Gasteiger partial charge on any atom is 0.137 e. The zero-order valence-corrected chi connectivity index (χ0v) is 12.9. The Hall–Kier alpha value is -0.580. The van der Waals surface area contributed by atoms with Gasteiger partial charge < -0.3 is 10.2 Å². The molecule has 20 heavy (non-hydrogen) atoms. The van der Waals surface area contributed by atoms with Gasteiger partial charge in [-0.2, -0.15) is 0 Å². The van der Waals surface area contributed by atoms with Crippen LogP contribution in [-0.4, -0.2) is 36.3 Å². The molecule has 0 aliphatic carbocycles. The molecule has 3 rings (SSSR count). The summed E-state index contributed by atoms with van der Waals surface area (Å²) < 4.78 is 13.9. The molecular weight excluding hydrogens is 271 g/mol. The van der Waals surface area contributed by atoms with Crippen LogP contribution in [0.4, 0.5) is 4.39 Å². The molecule has 2 nitrogen and oxygen atoms in total. The molecule has 1 fully saturated rings. The Labute approximate surface area is 125 Å². The average Bonchev–Trinajstić information content (AvgIpc) is 2.49. The Morgan fingerprint density at radius 3 is 2.85 bits per heavy atom. The van der Waals surface area contributed by atoms with Crippen LogP contribution in [-0.2, 0) is 0 Å². The number of nitrogens with one attached hydrogen (secondary N) is 1. The maximum atomic E-state index is 13.9. The zero-order chi connectivity index (χ0) is 13.9. The monoisotopic (exact) mass is 294 g/mol. The van der Waals surface area contributed by atoms with Gasteiger partial charge in [0.05, 0.1) is 0 Å². The van der Waals surface area contributed by atoms with Gasteiger partial charge in [0.1, 0.15) is 5.82 Å². The molecule has 0 radical (unpaired) electrons. The molecule has 1 unspecified atom stereocenters. The fourth-order valence-corrected chi connectivity index (χ4v) is 4.40. The molecule has 1 atom stereocenters. The van der Waals surface area contributed by atoms with Crippen LogP contribution in [0.3, 0.4) is 0 Å². The summed E-state index contributed by atoms with van der Waals surface area (Å²) in [6.45, 7) is 5.75. The fraction of sp³-hybridized carbons (Fsp3) is 0.625. The number of nitrogens with zero attached hydrogens (tertiary/aromatic N) is 1. The first kappa shape index (κ1) is 14.4. The van der Waals surface area contributed by atoms with Gasteiger partial charge in [0.15, 0.2) is 0 Å². The van der Waals surface area contributed by atoms with Crippen LogP contribution in [0.5, 0.6) is 0 Å². The number of thioether (sulfide) groups is 1. The van der Waals surface area contributed by atoms with Gasteiger partial charge in [0.2, 0.25) is 0 Å². The molecule has 0 bridgehead atoms. The predicted octanol–water partition coefficient (Wildman–Crippen LogP) is 3.44. The van der Waals surface area contributed by atoms with Gasteiger partial charge in [0.25, 0.3) is 0 Å². The number of benzene rings is 1. The van der Waals surface area contributed by atoms with Crippen molar-refractivity contribution in [3.05, 3.63) is 29.6 Å². The highest BCUT2D eigenvalue weighted by atomic mass is 32.2. The Morgan fingerprint density at radius 1 is 1.30 bits per heavy atom. The van der Waals surface area contributed by atoms with E-state index in [0.29, 0.717) is 12.1 Å². The highest BCUT2D eigenvalue weighted by Gasteiger charge is 2.26. The van der Waals surface area contributed by atoms with Crippen molar-refractivity contribution in [2.75, 3.05) is 25.4 Å². The smallest absolute Gasteiger partial charge is 0.137 e. The largest absolute Gasteiger partial charge is 0.307 e. The predicted molar refractivity (Wildman–Crippen MR) is 82.8 cm³/mol. The molecule has 2 aliphatic heterocycles. The summed E-state index contributed by atoms with van der Waals surface area (Å²) in [6, 6.07) is 6.42. The van der Waals surface area contributed by atoms with Crippen LogP contribution < -0.4 is 5.32 Å². The highest BCUT2D eigenvalue weighted by molar-refractivity contribution is 7.99. The lowest BCUT2D eigenvalue weighted by molar-refractivity contribution is 0.197. The summed E-state index contributed by atoms with van der Waals surface area (Å²) >= 11 is 1.66. The van der Waals surface area contributed by atoms with Crippen LogP contribution in [0.25, 0.3) is 0 Å². The van der Waals surface area contributed by atoms with E-state index in [1.165, 1.54) is 31.5 Å². The van der Waals surface area contributed by atoms with E-state index < -0.39 is 0 Å². The van der Waals surface area contributed by atoms with Gasteiger partial charge in [-0.15, -0.1) is 11.8 Å². The van der Waals surface area contributed by atoms with Crippen LogP contribution in [0, 0.1) is 5.82 Å². The molecule has 1 saturated heterocycles. The summed E-state index contributed by atoms with van der Waals surface area (Å²) in [5.74, 6) is 0.958. The van der Waals surface area contributed by atoms with Crippen LogP contribution >= 0.6 is 11.8 Å². The fourth-order valence-electron chi connectivity index (χ4n) is 3.26. The van der Waals surface area contributed by atoms with Gasteiger partial charge >= 0.3 is 0 Å². The molecule has 1 aromatic rings. The Balaban J connectivity index is 1.66. The van der Waals surface area contributed by atoms with Crippen LogP contribution in [0.1, 0.15) is 37.8 Å². The summed E-state index contributed by atoms with van der Waals surface area (Å²) in [6.07, 6.45) is 3.53. The number of piperidine rings is 1. The van der Waals surface area contributed by atoms with Crippen LogP contribution in [0.15, 0.2) is 23.1 Å². The number of hydrogen-bond donors (Lipinski definition) is 1. The van der Waals surface area contributed by atoms with Crippen LogP contribution in [0.2, 0.25) is 0 Å². The minimum Gasteiger partial charge on any atom is -0.307 e. The van der Waals surface area contributed by atoms with E-state index in [4.69, 9.17) is 0 Å². The lowest BCUT2D eigenvalue weighted by atomic mass is 9.99. The second-order valence-electron chi connectivity index (χ2n) is 5.72. The van der Waals surface area contributed by atoms with E-state index in [2.05, 4.69) is 23.2 Å². The van der Waals surface area contributed by atoms with Gasteiger partial charge in [-0.3, -0.25) is 0 Å². The van der Waals surface area contributed by atoms with E-state index in [9.17, 15) is 4.39 Å². The maximum absolute atomic E-state index is 13.9. The second kappa shape index (κ2) is 6.46. The quantitative estimate of drug-likeness (QED) is 0.919. The Morgan fingerprint density at radius 2 is 2.10 bits per heavy atom. The Kier molecular flexibility index (Phi) is 4.64. The third kappa shape index (κ3) is 3.02. The molecule has 0 aromatic heterocycles. The van der Waals surface area contributed by atoms with Crippen molar-refractivity contribution >= 4 is 11.8 Å². The summed E-state index contributed by atoms with van der Waals surface area (Å²) in [4.78, 5) is 3.37. The van der Waals surface area contributed by atoms with E-state index in [1.54, 1.807) is 17.8 Å². The molecule has 2 aliphatic rings.